The van der Waals surface area contributed by atoms with E-state index in [4.69, 9.17) is 18.9 Å². The molecule has 0 unspecified atom stereocenters. The smallest absolute Gasteiger partial charge is 0.343 e. The molecule has 3 aromatic carbocycles. The van der Waals surface area contributed by atoms with Gasteiger partial charge in [0, 0.05) is 6.07 Å². The predicted octanol–water partition coefficient (Wildman–Crippen LogP) is 4.68. The number of hydrogen-bond donors (Lipinski definition) is 0. The summed E-state index contributed by atoms with van der Waals surface area (Å²) in [6, 6.07) is 14.8. The molecule has 0 aromatic heterocycles. The van der Waals surface area contributed by atoms with Crippen LogP contribution >= 0.6 is 0 Å². The third-order valence-corrected chi connectivity index (χ3v) is 4.65. The van der Waals surface area contributed by atoms with E-state index in [1.807, 2.05) is 0 Å². The van der Waals surface area contributed by atoms with Crippen LogP contribution in [-0.4, -0.2) is 26.0 Å². The van der Waals surface area contributed by atoms with Crippen molar-refractivity contribution in [2.45, 2.75) is 0 Å². The molecule has 0 spiro atoms. The molecule has 1 aliphatic heterocycles. The number of allylic oxidation sites excluding steroid dienone is 1. The summed E-state index contributed by atoms with van der Waals surface area (Å²) in [5, 5.41) is 0. The van der Waals surface area contributed by atoms with Crippen LogP contribution in [0.25, 0.3) is 6.08 Å². The van der Waals surface area contributed by atoms with Gasteiger partial charge in [-0.2, -0.15) is 0 Å². The highest BCUT2D eigenvalue weighted by Crippen LogP contribution is 2.36. The quantitative estimate of drug-likeness (QED) is 0.339. The van der Waals surface area contributed by atoms with Crippen molar-refractivity contribution in [3.8, 4) is 23.0 Å². The number of hydrogen-bond acceptors (Lipinski definition) is 6. The SMILES string of the molecule is COc1ccc2c(c1)O/C(=C\c1ccc(OC(=O)c3ccc(F)cc3)c(OC)c1)C2=O. The molecular formula is C24H17FO6. The third kappa shape index (κ3) is 4.11. The van der Waals surface area contributed by atoms with E-state index in [2.05, 4.69) is 0 Å². The number of rotatable bonds is 5. The Morgan fingerprint density at radius 3 is 2.42 bits per heavy atom. The predicted molar refractivity (Wildman–Crippen MR) is 110 cm³/mol. The Kier molecular flexibility index (Phi) is 5.41. The first kappa shape index (κ1) is 20.2. The zero-order chi connectivity index (χ0) is 22.0. The number of carbonyl (C=O) groups excluding carboxylic acids is 2. The maximum Gasteiger partial charge on any atom is 0.343 e. The van der Waals surface area contributed by atoms with E-state index in [0.29, 0.717) is 22.6 Å². The van der Waals surface area contributed by atoms with E-state index in [1.165, 1.54) is 38.5 Å². The Balaban J connectivity index is 1.56. The molecule has 0 saturated heterocycles. The molecule has 0 fully saturated rings. The Bertz CT molecular complexity index is 1200. The molecule has 6 nitrogen and oxygen atoms in total. The molecule has 0 bridgehead atoms. The van der Waals surface area contributed by atoms with Crippen molar-refractivity contribution >= 4 is 17.8 Å². The minimum absolute atomic E-state index is 0.154. The van der Waals surface area contributed by atoms with Crippen LogP contribution in [-0.2, 0) is 0 Å². The number of Topliss-reactive ketones (excluding diaryl/α,β-unsaturated/α-hetero) is 1. The normalized spacial score (nSPS) is 13.5. The standard InChI is InChI=1S/C24H17FO6/c1-28-17-8-9-18-20(13-17)30-22(23(18)26)12-14-3-10-19(21(11-14)29-2)31-24(27)15-4-6-16(25)7-5-15/h3-13H,1-2H3/b22-12-. The number of ether oxygens (including phenoxy) is 4. The first-order valence-corrected chi connectivity index (χ1v) is 9.26. The maximum absolute atomic E-state index is 13.0. The van der Waals surface area contributed by atoms with Gasteiger partial charge in [-0.15, -0.1) is 0 Å². The van der Waals surface area contributed by atoms with Gasteiger partial charge in [-0.05, 0) is 60.2 Å². The minimum Gasteiger partial charge on any atom is -0.497 e. The first-order valence-electron chi connectivity index (χ1n) is 9.26. The number of halogens is 1. The second kappa shape index (κ2) is 8.31. The monoisotopic (exact) mass is 420 g/mol. The van der Waals surface area contributed by atoms with Crippen molar-refractivity contribution in [1.82, 2.24) is 0 Å². The Morgan fingerprint density at radius 1 is 0.935 bits per heavy atom. The van der Waals surface area contributed by atoms with Gasteiger partial charge in [-0.3, -0.25) is 4.79 Å². The lowest BCUT2D eigenvalue weighted by Gasteiger charge is -2.10. The molecule has 0 amide bonds. The van der Waals surface area contributed by atoms with Crippen molar-refractivity contribution in [2.24, 2.45) is 0 Å². The van der Waals surface area contributed by atoms with Crippen molar-refractivity contribution < 1.29 is 32.9 Å². The summed E-state index contributed by atoms with van der Waals surface area (Å²) in [7, 11) is 2.97. The molecule has 0 saturated carbocycles. The van der Waals surface area contributed by atoms with E-state index < -0.39 is 11.8 Å². The van der Waals surface area contributed by atoms with Gasteiger partial charge in [0.1, 0.15) is 17.3 Å². The highest BCUT2D eigenvalue weighted by molar-refractivity contribution is 6.14. The molecule has 1 heterocycles. The summed E-state index contributed by atoms with van der Waals surface area (Å²) in [5.41, 5.74) is 1.26. The molecule has 0 N–H and O–H groups in total. The maximum atomic E-state index is 13.0. The van der Waals surface area contributed by atoms with Crippen molar-refractivity contribution in [1.29, 1.82) is 0 Å². The van der Waals surface area contributed by atoms with Crippen molar-refractivity contribution in [3.63, 3.8) is 0 Å². The summed E-state index contributed by atoms with van der Waals surface area (Å²) >= 11 is 0. The highest BCUT2D eigenvalue weighted by Gasteiger charge is 2.27. The number of carbonyl (C=O) groups is 2. The number of ketones is 1. The van der Waals surface area contributed by atoms with E-state index in [1.54, 1.807) is 42.5 Å². The average Bonchev–Trinajstić information content (AvgIpc) is 3.09. The fourth-order valence-corrected chi connectivity index (χ4v) is 3.05. The van der Waals surface area contributed by atoms with Crippen LogP contribution in [0.3, 0.4) is 0 Å². The summed E-state index contributed by atoms with van der Waals surface area (Å²) in [4.78, 5) is 24.9. The summed E-state index contributed by atoms with van der Waals surface area (Å²) in [6.07, 6.45) is 1.57. The summed E-state index contributed by atoms with van der Waals surface area (Å²) < 4.78 is 34.6. The van der Waals surface area contributed by atoms with Crippen LogP contribution in [0.1, 0.15) is 26.3 Å². The summed E-state index contributed by atoms with van der Waals surface area (Å²) in [6.45, 7) is 0. The topological polar surface area (TPSA) is 71.1 Å². The lowest BCUT2D eigenvalue weighted by Crippen LogP contribution is -2.09. The number of methoxy groups -OCH3 is 2. The van der Waals surface area contributed by atoms with Gasteiger partial charge in [0.15, 0.2) is 17.3 Å². The van der Waals surface area contributed by atoms with E-state index in [0.717, 1.165) is 0 Å². The Hall–Kier alpha value is -4.13. The lowest BCUT2D eigenvalue weighted by molar-refractivity contribution is 0.0729. The fourth-order valence-electron chi connectivity index (χ4n) is 3.05. The van der Waals surface area contributed by atoms with Gasteiger partial charge in [0.2, 0.25) is 5.78 Å². The second-order valence-corrected chi connectivity index (χ2v) is 6.61. The van der Waals surface area contributed by atoms with Crippen LogP contribution < -0.4 is 18.9 Å². The minimum atomic E-state index is -0.650. The molecule has 0 aliphatic carbocycles. The number of benzene rings is 3. The molecule has 3 aromatic rings. The van der Waals surface area contributed by atoms with E-state index >= 15 is 0 Å². The zero-order valence-electron chi connectivity index (χ0n) is 16.7. The van der Waals surface area contributed by atoms with E-state index in [-0.39, 0.29) is 28.6 Å². The molecule has 4 rings (SSSR count). The first-order chi connectivity index (χ1) is 15.0. The Morgan fingerprint density at radius 2 is 1.71 bits per heavy atom. The molecule has 0 atom stereocenters. The number of esters is 1. The van der Waals surface area contributed by atoms with Gasteiger partial charge in [0.25, 0.3) is 0 Å². The molecule has 31 heavy (non-hydrogen) atoms. The molecular weight excluding hydrogens is 403 g/mol. The van der Waals surface area contributed by atoms with Gasteiger partial charge >= 0.3 is 5.97 Å². The van der Waals surface area contributed by atoms with Crippen LogP contribution in [0.4, 0.5) is 4.39 Å². The van der Waals surface area contributed by atoms with Crippen molar-refractivity contribution in [3.05, 3.63) is 88.9 Å². The summed E-state index contributed by atoms with van der Waals surface area (Å²) in [5.74, 6) is 0.290. The van der Waals surface area contributed by atoms with Gasteiger partial charge in [-0.1, -0.05) is 6.07 Å². The third-order valence-electron chi connectivity index (χ3n) is 4.65. The fraction of sp³-hybridized carbons (Fsp3) is 0.0833. The average molecular weight is 420 g/mol. The van der Waals surface area contributed by atoms with Gasteiger partial charge < -0.3 is 18.9 Å². The molecule has 156 valence electrons. The molecule has 0 radical (unpaired) electrons. The second-order valence-electron chi connectivity index (χ2n) is 6.61. The van der Waals surface area contributed by atoms with Crippen LogP contribution in [0, 0.1) is 5.82 Å². The van der Waals surface area contributed by atoms with E-state index in [9.17, 15) is 14.0 Å². The Labute approximate surface area is 177 Å². The highest BCUT2D eigenvalue weighted by atomic mass is 19.1. The lowest BCUT2D eigenvalue weighted by atomic mass is 10.1. The van der Waals surface area contributed by atoms with Crippen LogP contribution in [0.5, 0.6) is 23.0 Å². The van der Waals surface area contributed by atoms with Crippen LogP contribution in [0.2, 0.25) is 0 Å². The molecule has 7 heteroatoms. The number of fused-ring (bicyclic) bond motifs is 1. The van der Waals surface area contributed by atoms with Gasteiger partial charge in [-0.25, -0.2) is 9.18 Å². The molecule has 1 aliphatic rings. The van der Waals surface area contributed by atoms with Crippen molar-refractivity contribution in [2.75, 3.05) is 14.2 Å². The zero-order valence-corrected chi connectivity index (χ0v) is 16.7. The van der Waals surface area contributed by atoms with Crippen LogP contribution in [0.15, 0.2) is 66.4 Å². The largest absolute Gasteiger partial charge is 0.497 e. The van der Waals surface area contributed by atoms with Gasteiger partial charge in [0.05, 0.1) is 25.3 Å².